The fourth-order valence-corrected chi connectivity index (χ4v) is 3.18. The largest absolute Gasteiger partial charge is 0.505 e. The molecule has 1 atom stereocenters. The summed E-state index contributed by atoms with van der Waals surface area (Å²) in [6.07, 6.45) is 0.444. The number of benzene rings is 1. The van der Waals surface area contributed by atoms with E-state index in [4.69, 9.17) is 0 Å². The first-order chi connectivity index (χ1) is 9.06. The second-order valence-corrected chi connectivity index (χ2v) is 6.11. The van der Waals surface area contributed by atoms with Gasteiger partial charge in [0.05, 0.1) is 5.69 Å². The molecule has 0 spiro atoms. The van der Waals surface area contributed by atoms with Crippen LogP contribution in [0.1, 0.15) is 17.5 Å². The van der Waals surface area contributed by atoms with Gasteiger partial charge in [-0.05, 0) is 31.0 Å². The zero-order valence-electron chi connectivity index (χ0n) is 11.3. The normalized spacial score (nSPS) is 19.2. The average Bonchev–Trinajstić information content (AvgIpc) is 2.36. The van der Waals surface area contributed by atoms with E-state index in [1.807, 2.05) is 31.7 Å². The number of phenols is 1. The van der Waals surface area contributed by atoms with Crippen LogP contribution < -0.4 is 10.6 Å². The molecule has 19 heavy (non-hydrogen) atoms. The van der Waals surface area contributed by atoms with E-state index in [0.717, 1.165) is 29.2 Å². The maximum Gasteiger partial charge on any atom is 0.226 e. The van der Waals surface area contributed by atoms with Crippen LogP contribution in [0.4, 0.5) is 5.69 Å². The van der Waals surface area contributed by atoms with Crippen LogP contribution in [0.5, 0.6) is 5.75 Å². The molecule has 3 N–H and O–H groups in total. The van der Waals surface area contributed by atoms with Crippen molar-refractivity contribution in [1.29, 1.82) is 0 Å². The zero-order valence-corrected chi connectivity index (χ0v) is 12.1. The van der Waals surface area contributed by atoms with Gasteiger partial charge in [-0.2, -0.15) is 11.8 Å². The van der Waals surface area contributed by atoms with Crippen LogP contribution in [0.25, 0.3) is 0 Å². The van der Waals surface area contributed by atoms with Crippen LogP contribution in [-0.4, -0.2) is 35.1 Å². The summed E-state index contributed by atoms with van der Waals surface area (Å²) < 4.78 is 0. The molecule has 0 saturated carbocycles. The van der Waals surface area contributed by atoms with Gasteiger partial charge >= 0.3 is 0 Å². The van der Waals surface area contributed by atoms with Gasteiger partial charge in [0.2, 0.25) is 5.91 Å². The predicted octanol–water partition coefficient (Wildman–Crippen LogP) is 2.04. The number of aryl methyl sites for hydroxylation is 2. The van der Waals surface area contributed by atoms with E-state index < -0.39 is 0 Å². The average molecular weight is 280 g/mol. The number of phenolic OH excluding ortho intramolecular Hbond substituents is 1. The number of hydrogen-bond acceptors (Lipinski definition) is 4. The molecule has 1 aliphatic rings. The molecule has 1 fully saturated rings. The Balaban J connectivity index is 1.98. The minimum absolute atomic E-state index is 0.0553. The lowest BCUT2D eigenvalue weighted by atomic mass is 10.1. The van der Waals surface area contributed by atoms with Crippen LogP contribution in [0.15, 0.2) is 12.1 Å². The van der Waals surface area contributed by atoms with Crippen molar-refractivity contribution in [3.05, 3.63) is 23.3 Å². The van der Waals surface area contributed by atoms with Crippen molar-refractivity contribution in [3.63, 3.8) is 0 Å². The van der Waals surface area contributed by atoms with Gasteiger partial charge < -0.3 is 15.7 Å². The number of anilines is 1. The third-order valence-corrected chi connectivity index (χ3v) is 4.28. The van der Waals surface area contributed by atoms with Crippen molar-refractivity contribution in [2.45, 2.75) is 26.3 Å². The molecule has 104 valence electrons. The van der Waals surface area contributed by atoms with E-state index in [-0.39, 0.29) is 17.7 Å². The predicted molar refractivity (Wildman–Crippen MR) is 79.9 cm³/mol. The van der Waals surface area contributed by atoms with Gasteiger partial charge in [-0.25, -0.2) is 0 Å². The summed E-state index contributed by atoms with van der Waals surface area (Å²) >= 11 is 1.87. The monoisotopic (exact) mass is 280 g/mol. The number of aromatic hydroxyl groups is 1. The van der Waals surface area contributed by atoms with Gasteiger partial charge in [-0.15, -0.1) is 0 Å². The number of carbonyl (C=O) groups excluding carboxylic acids is 1. The topological polar surface area (TPSA) is 61.4 Å². The molecule has 0 radical (unpaired) electrons. The summed E-state index contributed by atoms with van der Waals surface area (Å²) in [6, 6.07) is 3.92. The van der Waals surface area contributed by atoms with E-state index >= 15 is 0 Å². The molecular formula is C14H20N2O2S. The Hall–Kier alpha value is -1.20. The highest BCUT2D eigenvalue weighted by Crippen LogP contribution is 2.28. The summed E-state index contributed by atoms with van der Waals surface area (Å²) in [7, 11) is 0. The van der Waals surface area contributed by atoms with Gasteiger partial charge in [0.25, 0.3) is 0 Å². The van der Waals surface area contributed by atoms with E-state index in [0.29, 0.717) is 12.1 Å². The highest BCUT2D eigenvalue weighted by molar-refractivity contribution is 7.99. The highest BCUT2D eigenvalue weighted by atomic mass is 32.2. The first-order valence-corrected chi connectivity index (χ1v) is 7.63. The number of hydrogen-bond donors (Lipinski definition) is 3. The van der Waals surface area contributed by atoms with Crippen molar-refractivity contribution in [1.82, 2.24) is 5.32 Å². The van der Waals surface area contributed by atoms with Gasteiger partial charge in [-0.1, -0.05) is 6.07 Å². The maximum atomic E-state index is 12.0. The molecule has 1 aromatic carbocycles. The molecule has 4 nitrogen and oxygen atoms in total. The van der Waals surface area contributed by atoms with Crippen LogP contribution in [0.2, 0.25) is 0 Å². The number of nitrogens with one attached hydrogen (secondary N) is 2. The maximum absolute atomic E-state index is 12.0. The van der Waals surface area contributed by atoms with Crippen LogP contribution in [0, 0.1) is 13.8 Å². The lowest BCUT2D eigenvalue weighted by Crippen LogP contribution is -2.39. The minimum Gasteiger partial charge on any atom is -0.505 e. The fraction of sp³-hybridized carbons (Fsp3) is 0.500. The molecule has 1 amide bonds. The summed E-state index contributed by atoms with van der Waals surface area (Å²) in [5.41, 5.74) is 2.31. The standard InChI is InChI=1S/C14H20N2O2S/c1-9-5-10(2)14(18)12(6-9)16-13(17)7-11-8-19-4-3-15-11/h5-6,11,15,18H,3-4,7-8H2,1-2H3,(H,16,17). The molecule has 1 aliphatic heterocycles. The van der Waals surface area contributed by atoms with Gasteiger partial charge in [0.15, 0.2) is 0 Å². The summed E-state index contributed by atoms with van der Waals surface area (Å²) in [5.74, 6) is 2.17. The Labute approximate surface area is 118 Å². The molecule has 2 rings (SSSR count). The number of rotatable bonds is 3. The quantitative estimate of drug-likeness (QED) is 0.742. The van der Waals surface area contributed by atoms with Crippen molar-refractivity contribution in [2.24, 2.45) is 0 Å². The molecule has 0 bridgehead atoms. The molecule has 1 saturated heterocycles. The van der Waals surface area contributed by atoms with E-state index in [1.54, 1.807) is 6.07 Å². The number of thioether (sulfide) groups is 1. The van der Waals surface area contributed by atoms with Crippen molar-refractivity contribution < 1.29 is 9.90 Å². The van der Waals surface area contributed by atoms with Gasteiger partial charge in [0.1, 0.15) is 5.75 Å². The number of carbonyl (C=O) groups is 1. The summed E-state index contributed by atoms with van der Waals surface area (Å²) in [6.45, 7) is 4.73. The second-order valence-electron chi connectivity index (χ2n) is 4.96. The molecule has 0 aliphatic carbocycles. The Morgan fingerprint density at radius 2 is 2.32 bits per heavy atom. The van der Waals surface area contributed by atoms with Crippen LogP contribution in [-0.2, 0) is 4.79 Å². The third-order valence-electron chi connectivity index (χ3n) is 3.15. The Kier molecular flexibility index (Phi) is 4.71. The van der Waals surface area contributed by atoms with E-state index in [2.05, 4.69) is 10.6 Å². The van der Waals surface area contributed by atoms with Gasteiger partial charge in [0, 0.05) is 30.5 Å². The zero-order chi connectivity index (χ0) is 13.8. The minimum atomic E-state index is -0.0553. The molecule has 0 aromatic heterocycles. The van der Waals surface area contributed by atoms with Crippen molar-refractivity contribution in [3.8, 4) is 5.75 Å². The highest BCUT2D eigenvalue weighted by Gasteiger charge is 2.17. The second kappa shape index (κ2) is 6.30. The first-order valence-electron chi connectivity index (χ1n) is 6.47. The lowest BCUT2D eigenvalue weighted by molar-refractivity contribution is -0.116. The van der Waals surface area contributed by atoms with Crippen LogP contribution in [0.3, 0.4) is 0 Å². The SMILES string of the molecule is Cc1cc(C)c(O)c(NC(=O)CC2CSCCN2)c1. The Bertz CT molecular complexity index is 471. The molecular weight excluding hydrogens is 260 g/mol. The Morgan fingerprint density at radius 1 is 1.53 bits per heavy atom. The van der Waals surface area contributed by atoms with Gasteiger partial charge in [-0.3, -0.25) is 4.79 Å². The summed E-state index contributed by atoms with van der Waals surface area (Å²) in [4.78, 5) is 12.0. The molecule has 1 aromatic rings. The van der Waals surface area contributed by atoms with Crippen LogP contribution >= 0.6 is 11.8 Å². The van der Waals surface area contributed by atoms with E-state index in [9.17, 15) is 9.90 Å². The first kappa shape index (κ1) is 14.2. The number of amides is 1. The molecule has 1 unspecified atom stereocenters. The smallest absolute Gasteiger partial charge is 0.226 e. The van der Waals surface area contributed by atoms with E-state index in [1.165, 1.54) is 0 Å². The van der Waals surface area contributed by atoms with Crippen molar-refractivity contribution >= 4 is 23.4 Å². The molecule has 1 heterocycles. The van der Waals surface area contributed by atoms with Crippen molar-refractivity contribution in [2.75, 3.05) is 23.4 Å². The Morgan fingerprint density at radius 3 is 3.00 bits per heavy atom. The molecule has 5 heteroatoms. The lowest BCUT2D eigenvalue weighted by Gasteiger charge is -2.22. The summed E-state index contributed by atoms with van der Waals surface area (Å²) in [5, 5.41) is 16.1. The fourth-order valence-electron chi connectivity index (χ4n) is 2.23. The third kappa shape index (κ3) is 3.88.